The SMILES string of the molecule is O=C(NCCc1ccc(F)cc1)c1cc2ccccc2cc1NC(=O)C1CC1. The maximum Gasteiger partial charge on any atom is 0.253 e. The quantitative estimate of drug-likeness (QED) is 0.674. The smallest absolute Gasteiger partial charge is 0.253 e. The molecule has 0 aromatic heterocycles. The van der Waals surface area contributed by atoms with Gasteiger partial charge in [0.2, 0.25) is 5.91 Å². The minimum atomic E-state index is -0.278. The molecule has 0 aliphatic heterocycles. The summed E-state index contributed by atoms with van der Waals surface area (Å²) in [5.41, 5.74) is 1.93. The number of halogens is 1. The van der Waals surface area contributed by atoms with Crippen molar-refractivity contribution in [3.8, 4) is 0 Å². The Hall–Kier alpha value is -3.21. The molecule has 0 bridgehead atoms. The summed E-state index contributed by atoms with van der Waals surface area (Å²) in [5, 5.41) is 7.73. The third-order valence-electron chi connectivity index (χ3n) is 4.95. The first-order valence-electron chi connectivity index (χ1n) is 9.46. The molecule has 2 N–H and O–H groups in total. The molecule has 1 fully saturated rings. The van der Waals surface area contributed by atoms with Crippen molar-refractivity contribution in [3.63, 3.8) is 0 Å². The Morgan fingerprint density at radius 2 is 1.64 bits per heavy atom. The van der Waals surface area contributed by atoms with Crippen molar-refractivity contribution in [2.75, 3.05) is 11.9 Å². The number of anilines is 1. The van der Waals surface area contributed by atoms with E-state index in [0.717, 1.165) is 29.2 Å². The van der Waals surface area contributed by atoms with Crippen LogP contribution in [0, 0.1) is 11.7 Å². The second-order valence-corrected chi connectivity index (χ2v) is 7.14. The molecule has 1 aliphatic rings. The molecule has 0 heterocycles. The van der Waals surface area contributed by atoms with Gasteiger partial charge in [-0.05, 0) is 59.9 Å². The van der Waals surface area contributed by atoms with Gasteiger partial charge in [-0.2, -0.15) is 0 Å². The fourth-order valence-corrected chi connectivity index (χ4v) is 3.18. The highest BCUT2D eigenvalue weighted by molar-refractivity contribution is 6.08. The molecule has 0 spiro atoms. The van der Waals surface area contributed by atoms with Crippen LogP contribution < -0.4 is 10.6 Å². The van der Waals surface area contributed by atoms with Crippen LogP contribution in [0.2, 0.25) is 0 Å². The normalized spacial score (nSPS) is 13.3. The van der Waals surface area contributed by atoms with Gasteiger partial charge in [0.1, 0.15) is 5.82 Å². The van der Waals surface area contributed by atoms with E-state index in [1.807, 2.05) is 36.4 Å². The van der Waals surface area contributed by atoms with E-state index in [9.17, 15) is 14.0 Å². The van der Waals surface area contributed by atoms with Crippen LogP contribution in [-0.2, 0) is 11.2 Å². The Balaban J connectivity index is 1.51. The van der Waals surface area contributed by atoms with Crippen LogP contribution >= 0.6 is 0 Å². The van der Waals surface area contributed by atoms with E-state index in [-0.39, 0.29) is 23.5 Å². The topological polar surface area (TPSA) is 58.2 Å². The largest absolute Gasteiger partial charge is 0.352 e. The molecule has 0 saturated heterocycles. The molecule has 0 atom stereocenters. The highest BCUT2D eigenvalue weighted by atomic mass is 19.1. The number of rotatable bonds is 6. The third-order valence-corrected chi connectivity index (χ3v) is 4.95. The van der Waals surface area contributed by atoms with Crippen LogP contribution in [0.1, 0.15) is 28.8 Å². The van der Waals surface area contributed by atoms with Crippen LogP contribution in [-0.4, -0.2) is 18.4 Å². The van der Waals surface area contributed by atoms with E-state index < -0.39 is 0 Å². The average molecular weight is 376 g/mol. The summed E-state index contributed by atoms with van der Waals surface area (Å²) >= 11 is 0. The summed E-state index contributed by atoms with van der Waals surface area (Å²) < 4.78 is 13.0. The van der Waals surface area contributed by atoms with E-state index in [2.05, 4.69) is 10.6 Å². The van der Waals surface area contributed by atoms with Crippen molar-refractivity contribution >= 4 is 28.3 Å². The molecule has 0 unspecified atom stereocenters. The van der Waals surface area contributed by atoms with Gasteiger partial charge < -0.3 is 10.6 Å². The molecule has 1 saturated carbocycles. The van der Waals surface area contributed by atoms with Crippen LogP contribution in [0.25, 0.3) is 10.8 Å². The maximum atomic E-state index is 13.0. The zero-order valence-corrected chi connectivity index (χ0v) is 15.4. The Kier molecular flexibility index (Phi) is 5.06. The maximum absolute atomic E-state index is 13.0. The number of hydrogen-bond donors (Lipinski definition) is 2. The number of fused-ring (bicyclic) bond motifs is 1. The molecule has 142 valence electrons. The molecule has 28 heavy (non-hydrogen) atoms. The van der Waals surface area contributed by atoms with E-state index in [4.69, 9.17) is 0 Å². The van der Waals surface area contributed by atoms with E-state index >= 15 is 0 Å². The fourth-order valence-electron chi connectivity index (χ4n) is 3.18. The predicted molar refractivity (Wildman–Crippen MR) is 108 cm³/mol. The molecule has 2 amide bonds. The van der Waals surface area contributed by atoms with Crippen molar-refractivity contribution in [2.45, 2.75) is 19.3 Å². The Bertz CT molecular complexity index is 1030. The predicted octanol–water partition coefficient (Wildman–Crippen LogP) is 4.30. The van der Waals surface area contributed by atoms with Crippen LogP contribution in [0.15, 0.2) is 60.7 Å². The van der Waals surface area contributed by atoms with E-state index in [1.54, 1.807) is 12.1 Å². The number of nitrogens with one attached hydrogen (secondary N) is 2. The van der Waals surface area contributed by atoms with Gasteiger partial charge in [-0.3, -0.25) is 9.59 Å². The van der Waals surface area contributed by atoms with Crippen molar-refractivity contribution in [1.82, 2.24) is 5.32 Å². The Morgan fingerprint density at radius 3 is 2.32 bits per heavy atom. The number of amides is 2. The first kappa shape index (κ1) is 18.2. The van der Waals surface area contributed by atoms with Crippen molar-refractivity contribution in [2.24, 2.45) is 5.92 Å². The lowest BCUT2D eigenvalue weighted by Crippen LogP contribution is -2.27. The zero-order chi connectivity index (χ0) is 19.5. The van der Waals surface area contributed by atoms with Gasteiger partial charge in [0, 0.05) is 12.5 Å². The van der Waals surface area contributed by atoms with Crippen molar-refractivity contribution in [1.29, 1.82) is 0 Å². The summed E-state index contributed by atoms with van der Waals surface area (Å²) in [5.74, 6) is -0.490. The summed E-state index contributed by atoms with van der Waals surface area (Å²) in [6.45, 7) is 0.424. The lowest BCUT2D eigenvalue weighted by atomic mass is 10.0. The lowest BCUT2D eigenvalue weighted by Gasteiger charge is -2.13. The van der Waals surface area contributed by atoms with Gasteiger partial charge in [-0.15, -0.1) is 0 Å². The second-order valence-electron chi connectivity index (χ2n) is 7.14. The standard InChI is InChI=1S/C23H21FN2O2/c24-19-9-5-15(6-10-19)11-12-25-23(28)20-13-17-3-1-2-4-18(17)14-21(20)26-22(27)16-7-8-16/h1-6,9-10,13-14,16H,7-8,11-12H2,(H,25,28)(H,26,27). The highest BCUT2D eigenvalue weighted by Gasteiger charge is 2.30. The lowest BCUT2D eigenvalue weighted by molar-refractivity contribution is -0.117. The van der Waals surface area contributed by atoms with Crippen LogP contribution in [0.3, 0.4) is 0 Å². The minimum Gasteiger partial charge on any atom is -0.352 e. The van der Waals surface area contributed by atoms with Crippen molar-refractivity contribution in [3.05, 3.63) is 77.6 Å². The second kappa shape index (κ2) is 7.80. The molecular weight excluding hydrogens is 355 g/mol. The molecule has 3 aromatic carbocycles. The zero-order valence-electron chi connectivity index (χ0n) is 15.4. The van der Waals surface area contributed by atoms with Crippen LogP contribution in [0.5, 0.6) is 0 Å². The fraction of sp³-hybridized carbons (Fsp3) is 0.217. The van der Waals surface area contributed by atoms with Gasteiger partial charge in [-0.25, -0.2) is 4.39 Å². The first-order chi connectivity index (χ1) is 13.6. The number of carbonyl (C=O) groups is 2. The van der Waals surface area contributed by atoms with Gasteiger partial charge in [0.25, 0.3) is 5.91 Å². The molecule has 1 aliphatic carbocycles. The summed E-state index contributed by atoms with van der Waals surface area (Å²) in [4.78, 5) is 25.0. The summed E-state index contributed by atoms with van der Waals surface area (Å²) in [6.07, 6.45) is 2.40. The minimum absolute atomic E-state index is 0.0318. The number of hydrogen-bond acceptors (Lipinski definition) is 2. The van der Waals surface area contributed by atoms with Gasteiger partial charge in [-0.1, -0.05) is 36.4 Å². The summed E-state index contributed by atoms with van der Waals surface area (Å²) in [6, 6.07) is 17.6. The van der Waals surface area contributed by atoms with Gasteiger partial charge >= 0.3 is 0 Å². The highest BCUT2D eigenvalue weighted by Crippen LogP contribution is 2.32. The van der Waals surface area contributed by atoms with E-state index in [1.165, 1.54) is 12.1 Å². The summed E-state index contributed by atoms with van der Waals surface area (Å²) in [7, 11) is 0. The first-order valence-corrected chi connectivity index (χ1v) is 9.46. The number of carbonyl (C=O) groups excluding carboxylic acids is 2. The van der Waals surface area contributed by atoms with Crippen LogP contribution in [0.4, 0.5) is 10.1 Å². The third kappa shape index (κ3) is 4.19. The van der Waals surface area contributed by atoms with Crippen molar-refractivity contribution < 1.29 is 14.0 Å². The Labute approximate surface area is 162 Å². The monoisotopic (exact) mass is 376 g/mol. The molecule has 5 heteroatoms. The molecule has 4 nitrogen and oxygen atoms in total. The van der Waals surface area contributed by atoms with Gasteiger partial charge in [0.15, 0.2) is 0 Å². The average Bonchev–Trinajstić information content (AvgIpc) is 3.54. The molecule has 4 rings (SSSR count). The number of benzene rings is 3. The molecule has 3 aromatic rings. The van der Waals surface area contributed by atoms with E-state index in [0.29, 0.717) is 24.2 Å². The Morgan fingerprint density at radius 1 is 0.964 bits per heavy atom. The van der Waals surface area contributed by atoms with Gasteiger partial charge in [0.05, 0.1) is 11.3 Å². The molecule has 0 radical (unpaired) electrons. The molecular formula is C23H21FN2O2.